The van der Waals surface area contributed by atoms with Gasteiger partial charge in [0.2, 0.25) is 5.91 Å². The van der Waals surface area contributed by atoms with Gasteiger partial charge in [-0.25, -0.2) is 4.98 Å². The van der Waals surface area contributed by atoms with E-state index < -0.39 is 11.7 Å². The number of hydrogen-bond donors (Lipinski definition) is 0. The second-order valence-corrected chi connectivity index (χ2v) is 6.78. The first-order valence-electron chi connectivity index (χ1n) is 8.02. The zero-order valence-corrected chi connectivity index (χ0v) is 14.9. The number of hydrogen-bond acceptors (Lipinski definition) is 4. The molecule has 0 atom stereocenters. The molecule has 8 heteroatoms. The number of nitrogens with zero attached hydrogens (tertiary/aromatic N) is 2. The number of fused-ring (bicyclic) bond motifs is 1. The molecule has 4 nitrogen and oxygen atoms in total. The summed E-state index contributed by atoms with van der Waals surface area (Å²) < 4.78 is 43.1. The zero-order chi connectivity index (χ0) is 18.7. The van der Waals surface area contributed by atoms with Crippen LogP contribution in [0.5, 0.6) is 5.75 Å². The number of carbonyl (C=O) groups is 1. The number of alkyl halides is 3. The number of pyridine rings is 1. The molecule has 3 rings (SSSR count). The summed E-state index contributed by atoms with van der Waals surface area (Å²) in [6.07, 6.45) is -1.90. The molecule has 1 aliphatic heterocycles. The maximum Gasteiger partial charge on any atom is 0.417 e. The first-order chi connectivity index (χ1) is 12.4. The molecule has 138 valence electrons. The number of aromatic nitrogens is 1. The van der Waals surface area contributed by atoms with Gasteiger partial charge in [-0.2, -0.15) is 13.2 Å². The van der Waals surface area contributed by atoms with Gasteiger partial charge >= 0.3 is 6.18 Å². The van der Waals surface area contributed by atoms with Crippen LogP contribution in [0.3, 0.4) is 0 Å². The van der Waals surface area contributed by atoms with Crippen LogP contribution in [0.25, 0.3) is 0 Å². The Morgan fingerprint density at radius 2 is 2.12 bits per heavy atom. The fraction of sp³-hybridized carbons (Fsp3) is 0.333. The highest BCUT2D eigenvalue weighted by atomic mass is 32.2. The molecule has 2 heterocycles. The number of carbonyl (C=O) groups excluding carboxylic acids is 1. The van der Waals surface area contributed by atoms with Crippen LogP contribution in [0, 0.1) is 0 Å². The lowest BCUT2D eigenvalue weighted by Crippen LogP contribution is -2.37. The van der Waals surface area contributed by atoms with Crippen molar-refractivity contribution >= 4 is 23.4 Å². The molecule has 0 radical (unpaired) electrons. The lowest BCUT2D eigenvalue weighted by atomic mass is 10.0. The van der Waals surface area contributed by atoms with Crippen LogP contribution >= 0.6 is 11.8 Å². The Hall–Kier alpha value is -2.22. The van der Waals surface area contributed by atoms with Crippen LogP contribution in [0.1, 0.15) is 17.5 Å². The van der Waals surface area contributed by atoms with E-state index in [4.69, 9.17) is 4.74 Å². The van der Waals surface area contributed by atoms with Gasteiger partial charge in [-0.15, -0.1) is 0 Å². The fourth-order valence-electron chi connectivity index (χ4n) is 2.88. The molecule has 0 N–H and O–H groups in total. The molecule has 1 aromatic carbocycles. The lowest BCUT2D eigenvalue weighted by Gasteiger charge is -2.30. The van der Waals surface area contributed by atoms with E-state index >= 15 is 0 Å². The van der Waals surface area contributed by atoms with Gasteiger partial charge in [0.05, 0.1) is 29.1 Å². The minimum absolute atomic E-state index is 0.0931. The summed E-state index contributed by atoms with van der Waals surface area (Å²) in [5.41, 5.74) is 1.04. The van der Waals surface area contributed by atoms with Gasteiger partial charge in [0.25, 0.3) is 0 Å². The third-order valence-electron chi connectivity index (χ3n) is 4.11. The van der Waals surface area contributed by atoms with Gasteiger partial charge in [-0.1, -0.05) is 23.9 Å². The summed E-state index contributed by atoms with van der Waals surface area (Å²) >= 11 is 1.12. The van der Waals surface area contributed by atoms with Gasteiger partial charge < -0.3 is 9.64 Å². The number of benzene rings is 1. The molecule has 26 heavy (non-hydrogen) atoms. The van der Waals surface area contributed by atoms with E-state index in [1.165, 1.54) is 6.07 Å². The zero-order valence-electron chi connectivity index (χ0n) is 14.0. The molecular weight excluding hydrogens is 365 g/mol. The highest BCUT2D eigenvalue weighted by Crippen LogP contribution is 2.36. The average molecular weight is 382 g/mol. The number of ether oxygens (including phenoxy) is 1. The number of aryl methyl sites for hydroxylation is 1. The number of amides is 1. The van der Waals surface area contributed by atoms with Crippen LogP contribution in [-0.4, -0.2) is 30.3 Å². The Morgan fingerprint density at radius 1 is 1.31 bits per heavy atom. The predicted octanol–water partition coefficient (Wildman–Crippen LogP) is 4.18. The van der Waals surface area contributed by atoms with E-state index in [-0.39, 0.29) is 11.7 Å². The van der Waals surface area contributed by atoms with Crippen LogP contribution in [-0.2, 0) is 17.4 Å². The van der Waals surface area contributed by atoms with Crippen molar-refractivity contribution in [3.8, 4) is 5.75 Å². The monoisotopic (exact) mass is 382 g/mol. The van der Waals surface area contributed by atoms with Gasteiger partial charge in [0, 0.05) is 12.7 Å². The summed E-state index contributed by atoms with van der Waals surface area (Å²) in [4.78, 5) is 18.1. The first kappa shape index (κ1) is 18.6. The molecule has 1 amide bonds. The van der Waals surface area contributed by atoms with Crippen molar-refractivity contribution in [2.24, 2.45) is 0 Å². The largest absolute Gasteiger partial charge is 0.495 e. The van der Waals surface area contributed by atoms with Crippen molar-refractivity contribution in [1.29, 1.82) is 0 Å². The van der Waals surface area contributed by atoms with Crippen molar-refractivity contribution in [2.45, 2.75) is 24.0 Å². The van der Waals surface area contributed by atoms with E-state index in [1.54, 1.807) is 12.0 Å². The molecule has 2 aromatic rings. The van der Waals surface area contributed by atoms with Crippen LogP contribution < -0.4 is 9.64 Å². The summed E-state index contributed by atoms with van der Waals surface area (Å²) in [6.45, 7) is 0.590. The minimum Gasteiger partial charge on any atom is -0.495 e. The fourth-order valence-corrected chi connectivity index (χ4v) is 3.60. The Balaban J connectivity index is 1.70. The van der Waals surface area contributed by atoms with E-state index in [2.05, 4.69) is 4.98 Å². The molecule has 1 aliphatic rings. The Labute approximate surface area is 153 Å². The third-order valence-corrected chi connectivity index (χ3v) is 5.04. The molecular formula is C18H17F3N2O2S. The molecule has 1 aromatic heterocycles. The number of thioether (sulfide) groups is 1. The van der Waals surface area contributed by atoms with Crippen molar-refractivity contribution in [3.63, 3.8) is 0 Å². The minimum atomic E-state index is -4.42. The van der Waals surface area contributed by atoms with Crippen molar-refractivity contribution < 1.29 is 22.7 Å². The molecule has 0 spiro atoms. The highest BCUT2D eigenvalue weighted by Gasteiger charge is 2.31. The molecule has 0 unspecified atom stereocenters. The van der Waals surface area contributed by atoms with Crippen LogP contribution in [0.2, 0.25) is 0 Å². The number of para-hydroxylation sites is 1. The number of methoxy groups -OCH3 is 1. The van der Waals surface area contributed by atoms with Gasteiger partial charge in [0.15, 0.2) is 0 Å². The van der Waals surface area contributed by atoms with Gasteiger partial charge in [0.1, 0.15) is 5.75 Å². The van der Waals surface area contributed by atoms with Crippen LogP contribution in [0.15, 0.2) is 41.6 Å². The molecule has 0 aliphatic carbocycles. The summed E-state index contributed by atoms with van der Waals surface area (Å²) in [5, 5.41) is 0.378. The molecule has 0 bridgehead atoms. The van der Waals surface area contributed by atoms with Crippen molar-refractivity contribution in [2.75, 3.05) is 24.3 Å². The summed E-state index contributed by atoms with van der Waals surface area (Å²) in [5.74, 6) is 0.617. The Morgan fingerprint density at radius 3 is 2.77 bits per heavy atom. The molecule has 0 saturated heterocycles. The normalized spacial score (nSPS) is 14.1. The number of anilines is 1. The van der Waals surface area contributed by atoms with Crippen molar-refractivity contribution in [1.82, 2.24) is 4.98 Å². The van der Waals surface area contributed by atoms with Gasteiger partial charge in [-0.05, 0) is 36.6 Å². The predicted molar refractivity (Wildman–Crippen MR) is 93.6 cm³/mol. The number of halogens is 3. The Bertz CT molecular complexity index is 780. The lowest BCUT2D eigenvalue weighted by molar-refractivity contribution is -0.137. The quantitative estimate of drug-likeness (QED) is 0.744. The second kappa shape index (κ2) is 7.57. The van der Waals surface area contributed by atoms with Crippen LogP contribution in [0.4, 0.5) is 18.9 Å². The second-order valence-electron chi connectivity index (χ2n) is 5.79. The maximum absolute atomic E-state index is 12.7. The van der Waals surface area contributed by atoms with Gasteiger partial charge in [-0.3, -0.25) is 4.79 Å². The topological polar surface area (TPSA) is 42.4 Å². The molecule has 0 fully saturated rings. The third kappa shape index (κ3) is 3.95. The highest BCUT2D eigenvalue weighted by molar-refractivity contribution is 7.99. The van der Waals surface area contributed by atoms with E-state index in [1.807, 2.05) is 18.2 Å². The number of rotatable bonds is 4. The SMILES string of the molecule is COc1cccc2c1N(C(=O)CSc1ccc(C(F)(F)F)cn1)CCC2. The summed E-state index contributed by atoms with van der Waals surface area (Å²) in [6, 6.07) is 7.94. The van der Waals surface area contributed by atoms with E-state index in [9.17, 15) is 18.0 Å². The molecule has 0 saturated carbocycles. The van der Waals surface area contributed by atoms with Crippen molar-refractivity contribution in [3.05, 3.63) is 47.7 Å². The smallest absolute Gasteiger partial charge is 0.417 e. The first-order valence-corrected chi connectivity index (χ1v) is 9.01. The maximum atomic E-state index is 12.7. The Kier molecular flexibility index (Phi) is 5.41. The van der Waals surface area contributed by atoms with E-state index in [0.717, 1.165) is 48.1 Å². The van der Waals surface area contributed by atoms with E-state index in [0.29, 0.717) is 17.3 Å². The summed E-state index contributed by atoms with van der Waals surface area (Å²) in [7, 11) is 1.56. The average Bonchev–Trinajstić information content (AvgIpc) is 2.64. The standard InChI is InChI=1S/C18H17F3N2O2S/c1-25-14-6-2-4-12-5-3-9-23(17(12)14)16(24)11-26-15-8-7-13(10-22-15)18(19,20)21/h2,4,6-8,10H,3,5,9,11H2,1H3.